The van der Waals surface area contributed by atoms with E-state index in [1.165, 1.54) is 19.2 Å². The summed E-state index contributed by atoms with van der Waals surface area (Å²) in [6.07, 6.45) is 0. The third-order valence-corrected chi connectivity index (χ3v) is 1.92. The van der Waals surface area contributed by atoms with E-state index >= 15 is 0 Å². The van der Waals surface area contributed by atoms with Crippen LogP contribution in [0.3, 0.4) is 0 Å². The number of anilines is 1. The van der Waals surface area contributed by atoms with E-state index in [1.54, 1.807) is 0 Å². The third kappa shape index (κ3) is 2.94. The highest BCUT2D eigenvalue weighted by molar-refractivity contribution is 5.97. The number of nitrogen functional groups attached to an aromatic ring is 1. The normalized spacial score (nSPS) is 9.62. The van der Waals surface area contributed by atoms with Crippen LogP contribution in [0.1, 0.15) is 10.4 Å². The molecule has 0 aliphatic carbocycles. The average Bonchev–Trinajstić information content (AvgIpc) is 2.28. The number of hydrogen-bond acceptors (Lipinski definition) is 3. The predicted molar refractivity (Wildman–Crippen MR) is 57.2 cm³/mol. The second-order valence-corrected chi connectivity index (χ2v) is 3.10. The van der Waals surface area contributed by atoms with Crippen molar-refractivity contribution in [2.75, 3.05) is 19.3 Å². The van der Waals surface area contributed by atoms with Gasteiger partial charge in [-0.15, -0.1) is 0 Å². The first kappa shape index (κ1) is 12.0. The van der Waals surface area contributed by atoms with E-state index in [9.17, 15) is 14.0 Å². The summed E-state index contributed by atoms with van der Waals surface area (Å²) in [7, 11) is 1.44. The van der Waals surface area contributed by atoms with Gasteiger partial charge < -0.3 is 16.4 Å². The molecule has 6 heteroatoms. The Morgan fingerprint density at radius 1 is 1.44 bits per heavy atom. The lowest BCUT2D eigenvalue weighted by Gasteiger charge is -2.05. The minimum absolute atomic E-state index is 0.177. The van der Waals surface area contributed by atoms with Crippen LogP contribution in [0.2, 0.25) is 0 Å². The molecular formula is C10H12FN3O2. The first-order valence-corrected chi connectivity index (χ1v) is 4.58. The Kier molecular flexibility index (Phi) is 3.82. The van der Waals surface area contributed by atoms with Gasteiger partial charge in [-0.25, -0.2) is 4.39 Å². The molecule has 1 aromatic carbocycles. The topological polar surface area (TPSA) is 84.2 Å². The molecule has 0 aliphatic rings. The van der Waals surface area contributed by atoms with Crippen molar-refractivity contribution in [3.63, 3.8) is 0 Å². The Morgan fingerprint density at radius 2 is 2.12 bits per heavy atom. The maximum absolute atomic E-state index is 13.2. The highest BCUT2D eigenvalue weighted by Gasteiger charge is 2.12. The summed E-state index contributed by atoms with van der Waals surface area (Å²) in [4.78, 5) is 22.3. The van der Waals surface area contributed by atoms with Gasteiger partial charge in [0.25, 0.3) is 5.91 Å². The quantitative estimate of drug-likeness (QED) is 0.627. The zero-order chi connectivity index (χ0) is 12.1. The lowest BCUT2D eigenvalue weighted by molar-refractivity contribution is -0.119. The number of nitrogens with one attached hydrogen (secondary N) is 2. The molecule has 0 unspecified atom stereocenters. The lowest BCUT2D eigenvalue weighted by atomic mass is 10.2. The van der Waals surface area contributed by atoms with Gasteiger partial charge in [0.15, 0.2) is 0 Å². The molecule has 0 aliphatic heterocycles. The number of halogens is 1. The SMILES string of the molecule is CNC(=O)CNC(=O)c1cc(N)ccc1F. The van der Waals surface area contributed by atoms with Gasteiger partial charge in [-0.1, -0.05) is 0 Å². The lowest BCUT2D eigenvalue weighted by Crippen LogP contribution is -2.35. The number of nitrogens with two attached hydrogens (primary N) is 1. The van der Waals surface area contributed by atoms with Crippen molar-refractivity contribution in [3.05, 3.63) is 29.6 Å². The summed E-state index contributed by atoms with van der Waals surface area (Å²) in [6.45, 7) is -0.205. The van der Waals surface area contributed by atoms with Crippen molar-refractivity contribution in [1.29, 1.82) is 0 Å². The largest absolute Gasteiger partial charge is 0.399 e. The molecule has 0 fully saturated rings. The van der Waals surface area contributed by atoms with Crippen molar-refractivity contribution < 1.29 is 14.0 Å². The maximum Gasteiger partial charge on any atom is 0.254 e. The first-order chi connectivity index (χ1) is 7.54. The molecule has 0 saturated carbocycles. The van der Waals surface area contributed by atoms with Gasteiger partial charge in [-0.05, 0) is 18.2 Å². The van der Waals surface area contributed by atoms with Gasteiger partial charge >= 0.3 is 0 Å². The van der Waals surface area contributed by atoms with Crippen LogP contribution in [-0.4, -0.2) is 25.4 Å². The number of likely N-dealkylation sites (N-methyl/N-ethyl adjacent to an activating group) is 1. The van der Waals surface area contributed by atoms with Gasteiger partial charge in [-0.3, -0.25) is 9.59 Å². The van der Waals surface area contributed by atoms with E-state index in [0.29, 0.717) is 0 Å². The van der Waals surface area contributed by atoms with Crippen LogP contribution >= 0.6 is 0 Å². The molecule has 0 atom stereocenters. The van der Waals surface area contributed by atoms with Crippen molar-refractivity contribution >= 4 is 17.5 Å². The Balaban J connectivity index is 2.73. The van der Waals surface area contributed by atoms with Crippen molar-refractivity contribution in [3.8, 4) is 0 Å². The van der Waals surface area contributed by atoms with E-state index in [4.69, 9.17) is 5.73 Å². The molecule has 2 amide bonds. The molecule has 86 valence electrons. The summed E-state index contributed by atoms with van der Waals surface area (Å²) in [5.74, 6) is -1.71. The Labute approximate surface area is 91.8 Å². The van der Waals surface area contributed by atoms with Crippen LogP contribution < -0.4 is 16.4 Å². The van der Waals surface area contributed by atoms with Crippen molar-refractivity contribution in [2.24, 2.45) is 0 Å². The molecule has 4 N–H and O–H groups in total. The Hall–Kier alpha value is -2.11. The fourth-order valence-corrected chi connectivity index (χ4v) is 1.06. The summed E-state index contributed by atoms with van der Waals surface area (Å²) in [5, 5.41) is 4.60. The molecule has 0 spiro atoms. The van der Waals surface area contributed by atoms with Crippen LogP contribution in [0.15, 0.2) is 18.2 Å². The molecular weight excluding hydrogens is 213 g/mol. The monoisotopic (exact) mass is 225 g/mol. The Bertz CT molecular complexity index is 421. The van der Waals surface area contributed by atoms with E-state index in [0.717, 1.165) is 6.07 Å². The van der Waals surface area contributed by atoms with Crippen LogP contribution in [-0.2, 0) is 4.79 Å². The summed E-state index contributed by atoms with van der Waals surface area (Å²) in [5.41, 5.74) is 5.53. The minimum Gasteiger partial charge on any atom is -0.399 e. The molecule has 0 saturated heterocycles. The number of amides is 2. The van der Waals surface area contributed by atoms with E-state index < -0.39 is 11.7 Å². The fourth-order valence-electron chi connectivity index (χ4n) is 1.06. The molecule has 1 aromatic rings. The first-order valence-electron chi connectivity index (χ1n) is 4.58. The van der Waals surface area contributed by atoms with E-state index in [1.807, 2.05) is 0 Å². The van der Waals surface area contributed by atoms with E-state index in [2.05, 4.69) is 10.6 Å². The zero-order valence-electron chi connectivity index (χ0n) is 8.71. The number of hydrogen-bond donors (Lipinski definition) is 3. The number of carbonyl (C=O) groups excluding carboxylic acids is 2. The number of benzene rings is 1. The highest BCUT2D eigenvalue weighted by atomic mass is 19.1. The number of rotatable bonds is 3. The summed E-state index contributed by atoms with van der Waals surface area (Å²) < 4.78 is 13.2. The molecule has 16 heavy (non-hydrogen) atoms. The predicted octanol–water partition coefficient (Wildman–Crippen LogP) is -0.116. The highest BCUT2D eigenvalue weighted by Crippen LogP contribution is 2.11. The molecule has 0 heterocycles. The molecule has 0 radical (unpaired) electrons. The Morgan fingerprint density at radius 3 is 2.75 bits per heavy atom. The van der Waals surface area contributed by atoms with Crippen molar-refractivity contribution in [2.45, 2.75) is 0 Å². The number of carbonyl (C=O) groups is 2. The smallest absolute Gasteiger partial charge is 0.254 e. The molecule has 1 rings (SSSR count). The molecule has 5 nitrogen and oxygen atoms in total. The van der Waals surface area contributed by atoms with Gasteiger partial charge in [0.1, 0.15) is 5.82 Å². The maximum atomic E-state index is 13.2. The second kappa shape index (κ2) is 5.11. The van der Waals surface area contributed by atoms with E-state index in [-0.39, 0.29) is 23.7 Å². The molecule has 0 bridgehead atoms. The fraction of sp³-hybridized carbons (Fsp3) is 0.200. The third-order valence-electron chi connectivity index (χ3n) is 1.92. The summed E-state index contributed by atoms with van der Waals surface area (Å²) >= 11 is 0. The molecule has 0 aromatic heterocycles. The van der Waals surface area contributed by atoms with Gasteiger partial charge in [0.2, 0.25) is 5.91 Å². The van der Waals surface area contributed by atoms with Gasteiger partial charge in [0.05, 0.1) is 12.1 Å². The van der Waals surface area contributed by atoms with Crippen LogP contribution in [0.4, 0.5) is 10.1 Å². The van der Waals surface area contributed by atoms with Gasteiger partial charge in [-0.2, -0.15) is 0 Å². The van der Waals surface area contributed by atoms with Gasteiger partial charge in [0, 0.05) is 12.7 Å². The van der Waals surface area contributed by atoms with Crippen LogP contribution in [0.25, 0.3) is 0 Å². The van der Waals surface area contributed by atoms with Crippen molar-refractivity contribution in [1.82, 2.24) is 10.6 Å². The zero-order valence-corrected chi connectivity index (χ0v) is 8.71. The average molecular weight is 225 g/mol. The summed E-state index contributed by atoms with van der Waals surface area (Å²) in [6, 6.07) is 3.67. The van der Waals surface area contributed by atoms with Crippen LogP contribution in [0, 0.1) is 5.82 Å². The minimum atomic E-state index is -0.677. The standard InChI is InChI=1S/C10H12FN3O2/c1-13-9(15)5-14-10(16)7-4-6(12)2-3-8(7)11/h2-4H,5,12H2,1H3,(H,13,15)(H,14,16). The second-order valence-electron chi connectivity index (χ2n) is 3.10. The van der Waals surface area contributed by atoms with Crippen LogP contribution in [0.5, 0.6) is 0 Å².